The number of hydrogen-bond donors (Lipinski definition) is 0. The van der Waals surface area contributed by atoms with E-state index in [2.05, 4.69) is 20.1 Å². The maximum atomic E-state index is 12.1. The smallest absolute Gasteiger partial charge is 0.170 e. The van der Waals surface area contributed by atoms with Crippen molar-refractivity contribution in [2.45, 2.75) is 6.42 Å². The monoisotopic (exact) mass is 306 g/mol. The summed E-state index contributed by atoms with van der Waals surface area (Å²) in [7, 11) is 0. The molecule has 2 rings (SSSR count). The summed E-state index contributed by atoms with van der Waals surface area (Å²) in [6, 6.07) is 12.0. The van der Waals surface area contributed by atoms with Crippen molar-refractivity contribution in [2.75, 3.05) is 0 Å². The van der Waals surface area contributed by atoms with Crippen LogP contribution in [0.4, 0.5) is 11.4 Å². The number of Topliss-reactive ketones (excluding diaryl/α,β-unsaturated/α-hetero) is 2. The first-order valence-corrected chi connectivity index (χ1v) is 6.51. The summed E-state index contributed by atoms with van der Waals surface area (Å²) < 4.78 is 0. The van der Waals surface area contributed by atoms with Gasteiger partial charge in [-0.2, -0.15) is 0 Å². The maximum absolute atomic E-state index is 12.1. The van der Waals surface area contributed by atoms with E-state index in [1.165, 1.54) is 48.5 Å². The van der Waals surface area contributed by atoms with Gasteiger partial charge in [-0.05, 0) is 11.1 Å². The Hall–Kier alpha value is -3.60. The number of carbonyl (C=O) groups is 2. The van der Waals surface area contributed by atoms with Gasteiger partial charge in [-0.15, -0.1) is 0 Å². The summed E-state index contributed by atoms with van der Waals surface area (Å²) in [5.41, 5.74) is 18.1. The number of hydrogen-bond acceptors (Lipinski definition) is 4. The molecule has 8 heteroatoms. The molecular weight excluding hydrogens is 296 g/mol. The fourth-order valence-electron chi connectivity index (χ4n) is 1.88. The SMILES string of the molecule is [N-]=[N+]=Nc1ccc(C(=O)CC(=O)c2ccc(N=[N+]=[N-])cc2)cc1. The van der Waals surface area contributed by atoms with Crippen LogP contribution < -0.4 is 0 Å². The first-order chi connectivity index (χ1) is 11.1. The van der Waals surface area contributed by atoms with E-state index in [0.717, 1.165) is 0 Å². The molecule has 0 spiro atoms. The van der Waals surface area contributed by atoms with Crippen LogP contribution in [0.3, 0.4) is 0 Å². The number of rotatable bonds is 6. The van der Waals surface area contributed by atoms with Crippen LogP contribution in [0.15, 0.2) is 58.8 Å². The van der Waals surface area contributed by atoms with Crippen LogP contribution in [0.1, 0.15) is 27.1 Å². The fraction of sp³-hybridized carbons (Fsp3) is 0.0667. The lowest BCUT2D eigenvalue weighted by molar-refractivity contribution is 0.0894. The first kappa shape index (κ1) is 15.8. The van der Waals surface area contributed by atoms with Crippen molar-refractivity contribution in [2.24, 2.45) is 10.2 Å². The number of azide groups is 2. The average molecular weight is 306 g/mol. The zero-order valence-corrected chi connectivity index (χ0v) is 11.8. The molecule has 0 aliphatic rings. The van der Waals surface area contributed by atoms with Crippen LogP contribution in [0, 0.1) is 0 Å². The summed E-state index contributed by atoms with van der Waals surface area (Å²) in [6.07, 6.45) is -0.276. The van der Waals surface area contributed by atoms with E-state index >= 15 is 0 Å². The molecule has 23 heavy (non-hydrogen) atoms. The van der Waals surface area contributed by atoms with Gasteiger partial charge in [-0.25, -0.2) is 0 Å². The van der Waals surface area contributed by atoms with Crippen LogP contribution in [-0.4, -0.2) is 11.6 Å². The minimum Gasteiger partial charge on any atom is -0.294 e. The summed E-state index contributed by atoms with van der Waals surface area (Å²) >= 11 is 0. The minimum atomic E-state index is -0.332. The molecule has 0 unspecified atom stereocenters. The van der Waals surface area contributed by atoms with E-state index in [9.17, 15) is 9.59 Å². The molecule has 8 nitrogen and oxygen atoms in total. The molecule has 0 fully saturated rings. The van der Waals surface area contributed by atoms with Gasteiger partial charge in [-0.1, -0.05) is 58.8 Å². The molecule has 0 aromatic heterocycles. The van der Waals surface area contributed by atoms with Crippen LogP contribution in [0.25, 0.3) is 20.9 Å². The van der Waals surface area contributed by atoms with Gasteiger partial charge in [0.25, 0.3) is 0 Å². The molecule has 0 N–H and O–H groups in total. The van der Waals surface area contributed by atoms with Gasteiger partial charge in [0.05, 0.1) is 6.42 Å². The van der Waals surface area contributed by atoms with Crippen LogP contribution in [0.5, 0.6) is 0 Å². The highest BCUT2D eigenvalue weighted by Crippen LogP contribution is 2.17. The van der Waals surface area contributed by atoms with Crippen molar-refractivity contribution in [3.05, 3.63) is 80.5 Å². The molecule has 2 aromatic rings. The predicted octanol–water partition coefficient (Wildman–Crippen LogP) is 5.03. The normalized spacial score (nSPS) is 9.39. The van der Waals surface area contributed by atoms with E-state index in [1.807, 2.05) is 0 Å². The first-order valence-electron chi connectivity index (χ1n) is 6.51. The van der Waals surface area contributed by atoms with Gasteiger partial charge in [0.2, 0.25) is 0 Å². The number of nitrogens with zero attached hydrogens (tertiary/aromatic N) is 6. The molecule has 0 heterocycles. The van der Waals surface area contributed by atoms with Crippen LogP contribution >= 0.6 is 0 Å². The topological polar surface area (TPSA) is 132 Å². The molecule has 0 radical (unpaired) electrons. The third kappa shape index (κ3) is 4.18. The Labute approximate surface area is 130 Å². The van der Waals surface area contributed by atoms with Crippen molar-refractivity contribution in [3.8, 4) is 0 Å². The minimum absolute atomic E-state index is 0.276. The van der Waals surface area contributed by atoms with Crippen molar-refractivity contribution in [3.63, 3.8) is 0 Å². The second kappa shape index (κ2) is 7.42. The van der Waals surface area contributed by atoms with E-state index in [4.69, 9.17) is 11.1 Å². The zero-order chi connectivity index (χ0) is 16.7. The lowest BCUT2D eigenvalue weighted by Crippen LogP contribution is -2.08. The number of carbonyl (C=O) groups excluding carboxylic acids is 2. The quantitative estimate of drug-likeness (QED) is 0.243. The van der Waals surface area contributed by atoms with Gasteiger partial charge in [-0.3, -0.25) is 9.59 Å². The Kier molecular flexibility index (Phi) is 5.09. The average Bonchev–Trinajstić information content (AvgIpc) is 2.56. The zero-order valence-electron chi connectivity index (χ0n) is 11.8. The summed E-state index contributed by atoms with van der Waals surface area (Å²) in [4.78, 5) is 29.4. The molecule has 2 aromatic carbocycles. The third-order valence-corrected chi connectivity index (χ3v) is 3.02. The standard InChI is InChI=1S/C15H10N6O2/c16-20-18-12-5-1-10(2-6-12)14(22)9-15(23)11-3-7-13(8-4-11)19-21-17/h1-8H,9H2. The highest BCUT2D eigenvalue weighted by molar-refractivity contribution is 6.13. The molecule has 0 aliphatic heterocycles. The highest BCUT2D eigenvalue weighted by atomic mass is 16.1. The molecule has 0 bridgehead atoms. The Morgan fingerprint density at radius 3 is 1.39 bits per heavy atom. The second-order valence-corrected chi connectivity index (χ2v) is 4.50. The summed E-state index contributed by atoms with van der Waals surface area (Å²) in [5.74, 6) is -0.664. The van der Waals surface area contributed by atoms with E-state index in [1.54, 1.807) is 0 Å². The van der Waals surface area contributed by atoms with Crippen LogP contribution in [0.2, 0.25) is 0 Å². The van der Waals surface area contributed by atoms with E-state index < -0.39 is 0 Å². The lowest BCUT2D eigenvalue weighted by atomic mass is 10.0. The molecule has 0 saturated heterocycles. The Bertz CT molecular complexity index is 758. The van der Waals surface area contributed by atoms with Gasteiger partial charge >= 0.3 is 0 Å². The van der Waals surface area contributed by atoms with Crippen molar-refractivity contribution < 1.29 is 9.59 Å². The van der Waals surface area contributed by atoms with E-state index in [0.29, 0.717) is 22.5 Å². The number of ketones is 2. The molecular formula is C15H10N6O2. The lowest BCUT2D eigenvalue weighted by Gasteiger charge is -2.02. The Morgan fingerprint density at radius 1 is 0.739 bits per heavy atom. The van der Waals surface area contributed by atoms with Gasteiger partial charge < -0.3 is 0 Å². The molecule has 112 valence electrons. The van der Waals surface area contributed by atoms with E-state index in [-0.39, 0.29) is 18.0 Å². The Balaban J connectivity index is 2.08. The fourth-order valence-corrected chi connectivity index (χ4v) is 1.88. The van der Waals surface area contributed by atoms with Crippen LogP contribution in [-0.2, 0) is 0 Å². The summed E-state index contributed by atoms with van der Waals surface area (Å²) in [5, 5.41) is 6.81. The summed E-state index contributed by atoms with van der Waals surface area (Å²) in [6.45, 7) is 0. The highest BCUT2D eigenvalue weighted by Gasteiger charge is 2.13. The molecule has 0 amide bonds. The van der Waals surface area contributed by atoms with Gasteiger partial charge in [0.1, 0.15) is 0 Å². The predicted molar refractivity (Wildman–Crippen MR) is 83.8 cm³/mol. The van der Waals surface area contributed by atoms with Gasteiger partial charge in [0, 0.05) is 32.3 Å². The van der Waals surface area contributed by atoms with Gasteiger partial charge in [0.15, 0.2) is 11.6 Å². The molecule has 0 atom stereocenters. The molecule has 0 aliphatic carbocycles. The molecule has 0 saturated carbocycles. The maximum Gasteiger partial charge on any atom is 0.170 e. The third-order valence-electron chi connectivity index (χ3n) is 3.02. The second-order valence-electron chi connectivity index (χ2n) is 4.50. The van der Waals surface area contributed by atoms with Crippen molar-refractivity contribution in [1.29, 1.82) is 0 Å². The Morgan fingerprint density at radius 2 is 1.09 bits per heavy atom. The van der Waals surface area contributed by atoms with Crippen molar-refractivity contribution >= 4 is 22.9 Å². The number of benzene rings is 2. The van der Waals surface area contributed by atoms with Crippen molar-refractivity contribution in [1.82, 2.24) is 0 Å². The largest absolute Gasteiger partial charge is 0.294 e.